The zero-order valence-corrected chi connectivity index (χ0v) is 18.0. The highest BCUT2D eigenvalue weighted by Crippen LogP contribution is 2.65. The highest BCUT2D eigenvalue weighted by molar-refractivity contribution is 6.31. The van der Waals surface area contributed by atoms with Crippen LogP contribution in [0.15, 0.2) is 54.6 Å². The first-order chi connectivity index (χ1) is 15.8. The number of carbonyl (C=O) groups excluding carboxylic acids is 3. The van der Waals surface area contributed by atoms with Crippen molar-refractivity contribution in [1.29, 1.82) is 0 Å². The number of carbonyl (C=O) groups is 3. The molecule has 2 saturated carbocycles. The van der Waals surface area contributed by atoms with Gasteiger partial charge in [-0.3, -0.25) is 14.4 Å². The molecule has 1 aliphatic heterocycles. The van der Waals surface area contributed by atoms with Crippen molar-refractivity contribution >= 4 is 41.0 Å². The van der Waals surface area contributed by atoms with Crippen LogP contribution in [0.25, 0.3) is 6.08 Å². The van der Waals surface area contributed by atoms with Crippen molar-refractivity contribution in [2.45, 2.75) is 6.42 Å². The van der Waals surface area contributed by atoms with Crippen LogP contribution in [0, 0.1) is 47.1 Å². The number of amides is 2. The second-order valence-electron chi connectivity index (χ2n) is 9.20. The van der Waals surface area contributed by atoms with E-state index < -0.39 is 29.3 Å². The molecule has 3 fully saturated rings. The van der Waals surface area contributed by atoms with Crippen molar-refractivity contribution in [1.82, 2.24) is 0 Å². The third-order valence-corrected chi connectivity index (χ3v) is 7.80. The number of hydrogen-bond donors (Lipinski definition) is 0. The van der Waals surface area contributed by atoms with Gasteiger partial charge in [-0.25, -0.2) is 13.7 Å². The Morgan fingerprint density at radius 2 is 1.61 bits per heavy atom. The van der Waals surface area contributed by atoms with Crippen molar-refractivity contribution in [2.24, 2.45) is 35.5 Å². The van der Waals surface area contributed by atoms with Crippen molar-refractivity contribution in [3.8, 4) is 0 Å². The van der Waals surface area contributed by atoms with Crippen LogP contribution in [0.3, 0.4) is 0 Å². The summed E-state index contributed by atoms with van der Waals surface area (Å²) in [6, 6.07) is 7.77. The van der Waals surface area contributed by atoms with Crippen molar-refractivity contribution < 1.29 is 23.2 Å². The molecular formula is C26H18ClF2NO3. The Morgan fingerprint density at radius 3 is 2.21 bits per heavy atom. The maximum atomic E-state index is 15.0. The van der Waals surface area contributed by atoms with Crippen LogP contribution < -0.4 is 4.90 Å². The largest absolute Gasteiger partial charge is 0.289 e. The molecule has 7 heteroatoms. The topological polar surface area (TPSA) is 54.5 Å². The Hall–Kier alpha value is -3.12. The molecule has 5 aliphatic rings. The molecule has 4 aliphatic carbocycles. The number of hydrogen-bond acceptors (Lipinski definition) is 3. The van der Waals surface area contributed by atoms with E-state index in [2.05, 4.69) is 12.2 Å². The van der Waals surface area contributed by atoms with Gasteiger partial charge >= 0.3 is 0 Å². The fraction of sp³-hybridized carbons (Fsp3) is 0.269. The average Bonchev–Trinajstić information content (AvgIpc) is 3.58. The monoisotopic (exact) mass is 465 g/mol. The smallest absolute Gasteiger partial charge is 0.238 e. The second kappa shape index (κ2) is 7.19. The van der Waals surface area contributed by atoms with Crippen LogP contribution >= 0.6 is 11.6 Å². The quantitative estimate of drug-likeness (QED) is 0.274. The van der Waals surface area contributed by atoms with Crippen LogP contribution in [-0.2, 0) is 9.59 Å². The highest BCUT2D eigenvalue weighted by atomic mass is 35.5. The second-order valence-corrected chi connectivity index (χ2v) is 9.61. The molecule has 2 unspecified atom stereocenters. The van der Waals surface area contributed by atoms with Crippen LogP contribution in [0.4, 0.5) is 14.5 Å². The van der Waals surface area contributed by atoms with Gasteiger partial charge in [-0.05, 0) is 72.1 Å². The minimum absolute atomic E-state index is 0.0544. The van der Waals surface area contributed by atoms with Gasteiger partial charge in [-0.15, -0.1) is 0 Å². The molecule has 2 amide bonds. The summed E-state index contributed by atoms with van der Waals surface area (Å²) in [5.74, 6) is -2.08. The Labute approximate surface area is 193 Å². The fourth-order valence-corrected chi connectivity index (χ4v) is 6.10. The van der Waals surface area contributed by atoms with E-state index in [1.54, 1.807) is 6.07 Å². The summed E-state index contributed by atoms with van der Waals surface area (Å²) in [5, 5.41) is -0.161. The minimum Gasteiger partial charge on any atom is -0.289 e. The summed E-state index contributed by atoms with van der Waals surface area (Å²) in [6.45, 7) is 0. The number of anilines is 1. The predicted molar refractivity (Wildman–Crippen MR) is 118 cm³/mol. The van der Waals surface area contributed by atoms with Crippen LogP contribution in [0.1, 0.15) is 22.3 Å². The number of rotatable bonds is 4. The molecule has 166 valence electrons. The summed E-state index contributed by atoms with van der Waals surface area (Å²) in [5.41, 5.74) is 0.533. The first-order valence-electron chi connectivity index (χ1n) is 10.9. The van der Waals surface area contributed by atoms with E-state index >= 15 is 4.39 Å². The number of nitrogens with zero attached hydrogens (tertiary/aromatic N) is 1. The molecule has 6 atom stereocenters. The van der Waals surface area contributed by atoms with E-state index in [-0.39, 0.29) is 39.9 Å². The lowest BCUT2D eigenvalue weighted by atomic mass is 9.63. The van der Waals surface area contributed by atoms with Gasteiger partial charge in [0.05, 0.1) is 22.5 Å². The molecule has 0 N–H and O–H groups in total. The zero-order chi connectivity index (χ0) is 23.0. The Balaban J connectivity index is 1.24. The third-order valence-electron chi connectivity index (χ3n) is 7.51. The lowest BCUT2D eigenvalue weighted by Gasteiger charge is -2.37. The van der Waals surface area contributed by atoms with E-state index in [0.29, 0.717) is 17.4 Å². The number of imide groups is 1. The Kier molecular flexibility index (Phi) is 4.46. The maximum absolute atomic E-state index is 15.0. The van der Waals surface area contributed by atoms with E-state index in [0.717, 1.165) is 17.4 Å². The van der Waals surface area contributed by atoms with Crippen LogP contribution in [-0.4, -0.2) is 17.6 Å². The lowest BCUT2D eigenvalue weighted by Crippen LogP contribution is -2.40. The molecule has 1 heterocycles. The van der Waals surface area contributed by atoms with Crippen molar-refractivity contribution in [3.63, 3.8) is 0 Å². The van der Waals surface area contributed by atoms with Gasteiger partial charge in [-0.1, -0.05) is 35.9 Å². The molecular weight excluding hydrogens is 448 g/mol. The van der Waals surface area contributed by atoms with Gasteiger partial charge < -0.3 is 0 Å². The van der Waals surface area contributed by atoms with Gasteiger partial charge in [0, 0.05) is 5.56 Å². The SMILES string of the molecule is O=C(/C=C/c1ccc(N2C(=O)[C@@H]3[C@H](C2=O)C2C=C[C@H]3C3C[C@@H]23)c(F)c1)c1ccc(F)c(Cl)c1. The molecule has 0 radical (unpaired) electrons. The molecule has 7 rings (SSSR count). The van der Waals surface area contributed by atoms with E-state index in [1.807, 2.05) is 0 Å². The summed E-state index contributed by atoms with van der Waals surface area (Å²) in [7, 11) is 0. The van der Waals surface area contributed by atoms with Crippen LogP contribution in [0.2, 0.25) is 5.02 Å². The molecule has 0 spiro atoms. The summed E-state index contributed by atoms with van der Waals surface area (Å²) in [4.78, 5) is 39.7. The molecule has 4 nitrogen and oxygen atoms in total. The summed E-state index contributed by atoms with van der Waals surface area (Å²) >= 11 is 5.71. The van der Waals surface area contributed by atoms with Gasteiger partial charge in [0.25, 0.3) is 0 Å². The molecule has 1 saturated heterocycles. The number of benzene rings is 2. The predicted octanol–water partition coefficient (Wildman–Crippen LogP) is 5.07. The van der Waals surface area contributed by atoms with Gasteiger partial charge in [0.15, 0.2) is 5.78 Å². The number of halogens is 3. The molecule has 2 aromatic carbocycles. The van der Waals surface area contributed by atoms with Crippen LogP contribution in [0.5, 0.6) is 0 Å². The summed E-state index contributed by atoms with van der Waals surface area (Å²) in [6.07, 6.45) is 7.86. The Bertz CT molecular complexity index is 1270. The highest BCUT2D eigenvalue weighted by Gasteiger charge is 2.67. The molecule has 2 aromatic rings. The minimum atomic E-state index is -0.708. The maximum Gasteiger partial charge on any atom is 0.238 e. The third kappa shape index (κ3) is 3.04. The van der Waals surface area contributed by atoms with Gasteiger partial charge in [0.2, 0.25) is 11.8 Å². The van der Waals surface area contributed by atoms with Crippen molar-refractivity contribution in [2.75, 3.05) is 4.90 Å². The molecule has 2 bridgehead atoms. The normalized spacial score (nSPS) is 31.3. The lowest BCUT2D eigenvalue weighted by molar-refractivity contribution is -0.124. The van der Waals surface area contributed by atoms with E-state index in [1.165, 1.54) is 36.4 Å². The fourth-order valence-electron chi connectivity index (χ4n) is 5.92. The molecule has 0 aromatic heterocycles. The number of ketones is 1. The van der Waals surface area contributed by atoms with E-state index in [9.17, 15) is 18.8 Å². The van der Waals surface area contributed by atoms with Crippen molar-refractivity contribution in [3.05, 3.63) is 82.4 Å². The first-order valence-corrected chi connectivity index (χ1v) is 11.3. The number of allylic oxidation sites excluding steroid dienone is 3. The Morgan fingerprint density at radius 1 is 0.939 bits per heavy atom. The average molecular weight is 466 g/mol. The van der Waals surface area contributed by atoms with Gasteiger partial charge in [-0.2, -0.15) is 0 Å². The molecule has 33 heavy (non-hydrogen) atoms. The standard InChI is InChI=1S/C26H18ClF2NO3/c27-18-10-13(3-6-19(18)28)22(31)8-2-12-1-7-21(20(29)9-12)30-25(32)23-14-4-5-15(17-11-16(14)17)24(23)26(30)33/h1-10,14-17,23-24H,11H2/b8-2+/t14-,15?,16?,17-,23-,24+/m0/s1. The first kappa shape index (κ1) is 20.5. The summed E-state index contributed by atoms with van der Waals surface area (Å²) < 4.78 is 28.3. The van der Waals surface area contributed by atoms with E-state index in [4.69, 9.17) is 11.6 Å². The van der Waals surface area contributed by atoms with Gasteiger partial charge in [0.1, 0.15) is 11.6 Å². The zero-order valence-electron chi connectivity index (χ0n) is 17.3.